The maximum Gasteiger partial charge on any atom is 0.330 e. The normalized spacial score (nSPS) is 10.9. The van der Waals surface area contributed by atoms with E-state index in [1.54, 1.807) is 44.4 Å². The molecule has 5 heteroatoms. The van der Waals surface area contributed by atoms with E-state index in [0.717, 1.165) is 23.6 Å². The van der Waals surface area contributed by atoms with E-state index in [-0.39, 0.29) is 11.8 Å². The fourth-order valence-electron chi connectivity index (χ4n) is 2.89. The quantitative estimate of drug-likeness (QED) is 0.413. The second kappa shape index (κ2) is 9.04. The van der Waals surface area contributed by atoms with Crippen molar-refractivity contribution in [1.82, 2.24) is 4.57 Å². The average Bonchev–Trinajstić information content (AvgIpc) is 2.97. The molecule has 5 nitrogen and oxygen atoms in total. The molecule has 0 spiro atoms. The number of ether oxygens (including phenoxy) is 2. The van der Waals surface area contributed by atoms with Gasteiger partial charge in [-0.1, -0.05) is 13.0 Å². The zero-order chi connectivity index (χ0) is 19.1. The molecule has 0 unspecified atom stereocenters. The number of carbonyl (C=O) groups is 2. The Kier molecular flexibility index (Phi) is 6.78. The van der Waals surface area contributed by atoms with Gasteiger partial charge in [-0.15, -0.1) is 0 Å². The van der Waals surface area contributed by atoms with Gasteiger partial charge >= 0.3 is 5.97 Å². The summed E-state index contributed by atoms with van der Waals surface area (Å²) < 4.78 is 12.0. The van der Waals surface area contributed by atoms with Gasteiger partial charge in [0.15, 0.2) is 5.78 Å². The number of hydrogen-bond donors (Lipinski definition) is 0. The van der Waals surface area contributed by atoms with Crippen molar-refractivity contribution in [2.24, 2.45) is 7.05 Å². The van der Waals surface area contributed by atoms with E-state index < -0.39 is 0 Å². The van der Waals surface area contributed by atoms with Crippen LogP contribution in [0.15, 0.2) is 42.5 Å². The molecule has 0 saturated carbocycles. The van der Waals surface area contributed by atoms with Crippen molar-refractivity contribution < 1.29 is 19.1 Å². The molecular weight excluding hydrogens is 330 g/mol. The Labute approximate surface area is 154 Å². The first kappa shape index (κ1) is 19.5. The van der Waals surface area contributed by atoms with Crippen LogP contribution in [0.3, 0.4) is 0 Å². The number of allylic oxidation sites excluding steroid dienone is 1. The zero-order valence-electron chi connectivity index (χ0n) is 15.7. The smallest absolute Gasteiger partial charge is 0.330 e. The molecule has 0 fully saturated rings. The molecule has 0 amide bonds. The lowest BCUT2D eigenvalue weighted by Gasteiger charge is -2.07. The van der Waals surface area contributed by atoms with Gasteiger partial charge in [0, 0.05) is 42.1 Å². The van der Waals surface area contributed by atoms with Gasteiger partial charge in [-0.2, -0.15) is 0 Å². The highest BCUT2D eigenvalue weighted by Crippen LogP contribution is 2.22. The average molecular weight is 355 g/mol. The Morgan fingerprint density at radius 3 is 2.42 bits per heavy atom. The highest BCUT2D eigenvalue weighted by atomic mass is 16.5. The number of rotatable bonds is 8. The summed E-state index contributed by atoms with van der Waals surface area (Å²) in [4.78, 5) is 24.3. The van der Waals surface area contributed by atoms with E-state index in [4.69, 9.17) is 9.47 Å². The predicted octanol–water partition coefficient (Wildman–Crippen LogP) is 3.49. The molecule has 0 aliphatic heterocycles. The van der Waals surface area contributed by atoms with E-state index in [0.29, 0.717) is 24.2 Å². The van der Waals surface area contributed by atoms with Crippen molar-refractivity contribution in [3.8, 4) is 5.75 Å². The van der Waals surface area contributed by atoms with Crippen molar-refractivity contribution in [3.05, 3.63) is 65.0 Å². The van der Waals surface area contributed by atoms with E-state index in [9.17, 15) is 9.59 Å². The first-order valence-corrected chi connectivity index (χ1v) is 8.71. The van der Waals surface area contributed by atoms with Crippen molar-refractivity contribution in [2.75, 3.05) is 13.7 Å². The third kappa shape index (κ3) is 4.42. The van der Waals surface area contributed by atoms with Gasteiger partial charge in [-0.25, -0.2) is 4.79 Å². The molecule has 0 N–H and O–H groups in total. The third-order valence-corrected chi connectivity index (χ3v) is 4.26. The summed E-state index contributed by atoms with van der Waals surface area (Å²) in [6, 6.07) is 9.01. The number of aromatic nitrogens is 1. The number of benzene rings is 1. The van der Waals surface area contributed by atoms with Gasteiger partial charge in [0.05, 0.1) is 13.7 Å². The lowest BCUT2D eigenvalue weighted by Crippen LogP contribution is -2.06. The molecule has 0 bridgehead atoms. The number of ketones is 1. The first-order valence-electron chi connectivity index (χ1n) is 8.71. The van der Waals surface area contributed by atoms with Gasteiger partial charge in [0.1, 0.15) is 5.75 Å². The highest BCUT2D eigenvalue weighted by Gasteiger charge is 2.18. The third-order valence-electron chi connectivity index (χ3n) is 4.26. The minimum Gasteiger partial charge on any atom is -0.497 e. The number of methoxy groups -OCH3 is 1. The molecule has 0 atom stereocenters. The van der Waals surface area contributed by atoms with Crippen LogP contribution in [0.2, 0.25) is 0 Å². The summed E-state index contributed by atoms with van der Waals surface area (Å²) in [7, 11) is 3.54. The van der Waals surface area contributed by atoms with Crippen LogP contribution in [0, 0.1) is 0 Å². The van der Waals surface area contributed by atoms with Crippen LogP contribution in [-0.4, -0.2) is 30.0 Å². The molecule has 26 heavy (non-hydrogen) atoms. The standard InChI is InChI=1S/C21H25NO4/c1-5-19-18(21(24)15-10-12-17(25-4)13-11-15)14-16(22(19)3)8-7-9-20(23)26-6-2/h7,9-14H,5-6,8H2,1-4H3/b9-7+. The number of nitrogens with zero attached hydrogens (tertiary/aromatic N) is 1. The topological polar surface area (TPSA) is 57.5 Å². The molecule has 2 rings (SSSR count). The lowest BCUT2D eigenvalue weighted by atomic mass is 10.0. The predicted molar refractivity (Wildman–Crippen MR) is 101 cm³/mol. The fourth-order valence-corrected chi connectivity index (χ4v) is 2.89. The Hall–Kier alpha value is -2.82. The summed E-state index contributed by atoms with van der Waals surface area (Å²) in [5, 5.41) is 0. The molecule has 1 aromatic heterocycles. The van der Waals surface area contributed by atoms with Crippen molar-refractivity contribution in [1.29, 1.82) is 0 Å². The summed E-state index contributed by atoms with van der Waals surface area (Å²) in [5.74, 6) is 0.350. The van der Waals surface area contributed by atoms with Gasteiger partial charge in [0.25, 0.3) is 0 Å². The van der Waals surface area contributed by atoms with Crippen LogP contribution < -0.4 is 4.74 Å². The molecule has 2 aromatic rings. The Morgan fingerprint density at radius 1 is 1.15 bits per heavy atom. The van der Waals surface area contributed by atoms with Gasteiger partial charge < -0.3 is 14.0 Å². The van der Waals surface area contributed by atoms with Crippen LogP contribution >= 0.6 is 0 Å². The maximum atomic E-state index is 12.9. The summed E-state index contributed by atoms with van der Waals surface area (Å²) in [5.41, 5.74) is 3.27. The first-order chi connectivity index (χ1) is 12.5. The van der Waals surface area contributed by atoms with E-state index in [1.165, 1.54) is 6.08 Å². The number of esters is 1. The maximum absolute atomic E-state index is 12.9. The summed E-state index contributed by atoms with van der Waals surface area (Å²) >= 11 is 0. The Morgan fingerprint density at radius 2 is 1.85 bits per heavy atom. The largest absolute Gasteiger partial charge is 0.497 e. The van der Waals surface area contributed by atoms with Gasteiger partial charge in [0.2, 0.25) is 0 Å². The number of hydrogen-bond acceptors (Lipinski definition) is 4. The molecule has 138 valence electrons. The second-order valence-corrected chi connectivity index (χ2v) is 5.82. The molecule has 0 radical (unpaired) electrons. The van der Waals surface area contributed by atoms with E-state index >= 15 is 0 Å². The van der Waals surface area contributed by atoms with Crippen molar-refractivity contribution in [3.63, 3.8) is 0 Å². The van der Waals surface area contributed by atoms with E-state index in [2.05, 4.69) is 0 Å². The SMILES string of the molecule is CCOC(=O)/C=C/Cc1cc(C(=O)c2ccc(OC)cc2)c(CC)n1C. The Bertz CT molecular complexity index is 800. The van der Waals surface area contributed by atoms with Crippen LogP contribution in [-0.2, 0) is 29.4 Å². The molecular formula is C21H25NO4. The summed E-state index contributed by atoms with van der Waals surface area (Å²) in [6.07, 6.45) is 4.48. The van der Waals surface area contributed by atoms with Crippen LogP contribution in [0.1, 0.15) is 41.2 Å². The van der Waals surface area contributed by atoms with E-state index in [1.807, 2.05) is 24.6 Å². The second-order valence-electron chi connectivity index (χ2n) is 5.82. The highest BCUT2D eigenvalue weighted by molar-refractivity contribution is 6.10. The van der Waals surface area contributed by atoms with Crippen molar-refractivity contribution >= 4 is 11.8 Å². The zero-order valence-corrected chi connectivity index (χ0v) is 15.7. The number of carbonyl (C=O) groups excluding carboxylic acids is 2. The van der Waals surface area contributed by atoms with Crippen LogP contribution in [0.25, 0.3) is 0 Å². The molecule has 0 aliphatic carbocycles. The summed E-state index contributed by atoms with van der Waals surface area (Å²) in [6.45, 7) is 4.15. The molecule has 0 saturated heterocycles. The monoisotopic (exact) mass is 355 g/mol. The molecule has 1 aromatic carbocycles. The lowest BCUT2D eigenvalue weighted by molar-refractivity contribution is -0.137. The van der Waals surface area contributed by atoms with Gasteiger partial charge in [-0.3, -0.25) is 4.79 Å². The van der Waals surface area contributed by atoms with Crippen molar-refractivity contribution in [2.45, 2.75) is 26.7 Å². The van der Waals surface area contributed by atoms with Crippen LogP contribution in [0.5, 0.6) is 5.75 Å². The Balaban J connectivity index is 2.25. The van der Waals surface area contributed by atoms with Crippen LogP contribution in [0.4, 0.5) is 0 Å². The minimum absolute atomic E-state index is 0.0132. The fraction of sp³-hybridized carbons (Fsp3) is 0.333. The van der Waals surface area contributed by atoms with Gasteiger partial charge in [-0.05, 0) is 43.7 Å². The molecule has 1 heterocycles. The molecule has 0 aliphatic rings. The minimum atomic E-state index is -0.355.